The standard InChI is InChI=1S/C20H33N3O2/c1-8-23(13-18(25)22-20(5,6)7)12-17(24)21-19-15(4)10-9-11-16(19)14(2)3/h9-11,14H,8,12-13H2,1-7H3,(H,21,24)(H,22,25)/p+1. The molecule has 140 valence electrons. The molecule has 5 heteroatoms. The summed E-state index contributed by atoms with van der Waals surface area (Å²) in [6.45, 7) is 15.4. The van der Waals surface area contributed by atoms with Gasteiger partial charge in [0.15, 0.2) is 13.1 Å². The molecule has 0 spiro atoms. The first-order chi connectivity index (χ1) is 11.5. The molecule has 0 fully saturated rings. The van der Waals surface area contributed by atoms with E-state index in [1.165, 1.54) is 0 Å². The smallest absolute Gasteiger partial charge is 0.279 e. The molecule has 5 nitrogen and oxygen atoms in total. The van der Waals surface area contributed by atoms with Gasteiger partial charge in [0.1, 0.15) is 0 Å². The van der Waals surface area contributed by atoms with Gasteiger partial charge in [-0.3, -0.25) is 9.59 Å². The molecule has 0 saturated heterocycles. The molecule has 1 aromatic carbocycles. The minimum Gasteiger partial charge on any atom is -0.347 e. The SMILES string of the molecule is CC[NH+](CC(=O)Nc1c(C)cccc1C(C)C)CC(=O)NC(C)(C)C. The van der Waals surface area contributed by atoms with Crippen LogP contribution in [-0.4, -0.2) is 37.0 Å². The molecule has 1 atom stereocenters. The lowest BCUT2D eigenvalue weighted by atomic mass is 9.98. The lowest BCUT2D eigenvalue weighted by Gasteiger charge is -2.23. The Bertz CT molecular complexity index is 603. The van der Waals surface area contributed by atoms with Crippen molar-refractivity contribution >= 4 is 17.5 Å². The highest BCUT2D eigenvalue weighted by Gasteiger charge is 2.21. The maximum absolute atomic E-state index is 12.5. The van der Waals surface area contributed by atoms with Crippen LogP contribution in [0.4, 0.5) is 5.69 Å². The van der Waals surface area contributed by atoms with Crippen LogP contribution in [0.2, 0.25) is 0 Å². The van der Waals surface area contributed by atoms with Gasteiger partial charge in [0, 0.05) is 11.2 Å². The highest BCUT2D eigenvalue weighted by Crippen LogP contribution is 2.27. The molecule has 3 N–H and O–H groups in total. The molecule has 25 heavy (non-hydrogen) atoms. The van der Waals surface area contributed by atoms with E-state index in [9.17, 15) is 9.59 Å². The Morgan fingerprint density at radius 1 is 1.12 bits per heavy atom. The summed E-state index contributed by atoms with van der Waals surface area (Å²) < 4.78 is 0. The van der Waals surface area contributed by atoms with Gasteiger partial charge in [0.2, 0.25) is 0 Å². The molecule has 0 heterocycles. The molecular weight excluding hydrogens is 314 g/mol. The van der Waals surface area contributed by atoms with Crippen molar-refractivity contribution in [1.82, 2.24) is 5.32 Å². The molecule has 1 unspecified atom stereocenters. The number of quaternary nitrogens is 1. The number of benzene rings is 1. The van der Waals surface area contributed by atoms with Crippen molar-refractivity contribution in [2.45, 2.75) is 59.9 Å². The number of para-hydroxylation sites is 1. The Hall–Kier alpha value is -1.88. The summed E-state index contributed by atoms with van der Waals surface area (Å²) in [6, 6.07) is 6.07. The van der Waals surface area contributed by atoms with Crippen molar-refractivity contribution in [2.24, 2.45) is 0 Å². The lowest BCUT2D eigenvalue weighted by molar-refractivity contribution is -0.881. The van der Waals surface area contributed by atoms with Gasteiger partial charge in [-0.05, 0) is 51.7 Å². The van der Waals surface area contributed by atoms with Gasteiger partial charge in [0.05, 0.1) is 6.54 Å². The van der Waals surface area contributed by atoms with Crippen LogP contribution in [-0.2, 0) is 9.59 Å². The molecule has 2 amide bonds. The van der Waals surface area contributed by atoms with Crippen LogP contribution >= 0.6 is 0 Å². The topological polar surface area (TPSA) is 62.6 Å². The zero-order valence-corrected chi connectivity index (χ0v) is 16.7. The van der Waals surface area contributed by atoms with E-state index in [-0.39, 0.29) is 23.9 Å². The molecule has 1 rings (SSSR count). The third-order valence-electron chi connectivity index (χ3n) is 4.03. The Morgan fingerprint density at radius 3 is 2.24 bits per heavy atom. The fraction of sp³-hybridized carbons (Fsp3) is 0.600. The number of carbonyl (C=O) groups excluding carboxylic acids is 2. The second-order valence-electron chi connectivity index (χ2n) is 8.00. The molecule has 1 aromatic rings. The molecule has 0 aliphatic carbocycles. The van der Waals surface area contributed by atoms with Crippen LogP contribution in [0.15, 0.2) is 18.2 Å². The van der Waals surface area contributed by atoms with E-state index in [0.29, 0.717) is 12.5 Å². The Balaban J connectivity index is 2.73. The second kappa shape index (κ2) is 8.99. The van der Waals surface area contributed by atoms with Crippen molar-refractivity contribution in [1.29, 1.82) is 0 Å². The summed E-state index contributed by atoms with van der Waals surface area (Å²) in [5.41, 5.74) is 2.84. The van der Waals surface area contributed by atoms with E-state index in [4.69, 9.17) is 0 Å². The highest BCUT2D eigenvalue weighted by molar-refractivity contribution is 5.93. The molecule has 0 aromatic heterocycles. The van der Waals surface area contributed by atoms with Crippen molar-refractivity contribution in [3.63, 3.8) is 0 Å². The Kier molecular flexibility index (Phi) is 7.61. The zero-order valence-electron chi connectivity index (χ0n) is 16.7. The second-order valence-corrected chi connectivity index (χ2v) is 8.00. The average molecular weight is 349 g/mol. The van der Waals surface area contributed by atoms with E-state index in [1.54, 1.807) is 0 Å². The van der Waals surface area contributed by atoms with E-state index >= 15 is 0 Å². The minimum atomic E-state index is -0.258. The first-order valence-corrected chi connectivity index (χ1v) is 9.07. The van der Waals surface area contributed by atoms with E-state index in [1.807, 2.05) is 46.8 Å². The van der Waals surface area contributed by atoms with Crippen molar-refractivity contribution < 1.29 is 14.5 Å². The third-order valence-corrected chi connectivity index (χ3v) is 4.03. The quantitative estimate of drug-likeness (QED) is 0.704. The summed E-state index contributed by atoms with van der Waals surface area (Å²) in [4.78, 5) is 25.6. The fourth-order valence-corrected chi connectivity index (χ4v) is 2.76. The van der Waals surface area contributed by atoms with Crippen LogP contribution in [0.1, 0.15) is 58.6 Å². The maximum Gasteiger partial charge on any atom is 0.279 e. The van der Waals surface area contributed by atoms with Crippen molar-refractivity contribution in [2.75, 3.05) is 25.0 Å². The van der Waals surface area contributed by atoms with E-state index in [2.05, 4.69) is 30.5 Å². The number of likely N-dealkylation sites (N-methyl/N-ethyl adjacent to an activating group) is 1. The number of nitrogens with one attached hydrogen (secondary N) is 3. The van der Waals surface area contributed by atoms with Gasteiger partial charge in [0.25, 0.3) is 11.8 Å². The van der Waals surface area contributed by atoms with Crippen LogP contribution in [0.5, 0.6) is 0 Å². The zero-order chi connectivity index (χ0) is 19.2. The van der Waals surface area contributed by atoms with Gasteiger partial charge >= 0.3 is 0 Å². The lowest BCUT2D eigenvalue weighted by Crippen LogP contribution is -3.14. The van der Waals surface area contributed by atoms with E-state index < -0.39 is 0 Å². The van der Waals surface area contributed by atoms with Crippen LogP contribution < -0.4 is 15.5 Å². The van der Waals surface area contributed by atoms with Gasteiger partial charge in [-0.1, -0.05) is 32.0 Å². The average Bonchev–Trinajstić information content (AvgIpc) is 2.46. The van der Waals surface area contributed by atoms with E-state index in [0.717, 1.165) is 28.3 Å². The van der Waals surface area contributed by atoms with Gasteiger partial charge in [-0.15, -0.1) is 0 Å². The summed E-state index contributed by atoms with van der Waals surface area (Å²) in [5, 5.41) is 6.00. The number of hydrogen-bond acceptors (Lipinski definition) is 2. The normalized spacial score (nSPS) is 12.8. The first kappa shape index (κ1) is 21.2. The number of anilines is 1. The number of rotatable bonds is 7. The highest BCUT2D eigenvalue weighted by atomic mass is 16.2. The van der Waals surface area contributed by atoms with Crippen molar-refractivity contribution in [3.05, 3.63) is 29.3 Å². The molecule has 0 saturated carbocycles. The molecule has 0 bridgehead atoms. The minimum absolute atomic E-state index is 0.0316. The monoisotopic (exact) mass is 348 g/mol. The summed E-state index contributed by atoms with van der Waals surface area (Å²) >= 11 is 0. The Labute approximate surface area is 152 Å². The van der Waals surface area contributed by atoms with Crippen LogP contribution in [0, 0.1) is 6.92 Å². The number of aryl methyl sites for hydroxylation is 1. The molecular formula is C20H34N3O2+. The van der Waals surface area contributed by atoms with Crippen LogP contribution in [0.3, 0.4) is 0 Å². The predicted octanol–water partition coefficient (Wildman–Crippen LogP) is 1.88. The summed E-state index contributed by atoms with van der Waals surface area (Å²) in [5.74, 6) is 0.245. The van der Waals surface area contributed by atoms with Gasteiger partial charge < -0.3 is 15.5 Å². The fourth-order valence-electron chi connectivity index (χ4n) is 2.76. The largest absolute Gasteiger partial charge is 0.347 e. The van der Waals surface area contributed by atoms with Crippen molar-refractivity contribution in [3.8, 4) is 0 Å². The summed E-state index contributed by atoms with van der Waals surface area (Å²) in [6.07, 6.45) is 0. The predicted molar refractivity (Wildman–Crippen MR) is 103 cm³/mol. The molecule has 0 aliphatic heterocycles. The van der Waals surface area contributed by atoms with Gasteiger partial charge in [-0.2, -0.15) is 0 Å². The molecule has 0 radical (unpaired) electrons. The number of amides is 2. The number of carbonyl (C=O) groups is 2. The van der Waals surface area contributed by atoms with Gasteiger partial charge in [-0.25, -0.2) is 0 Å². The number of hydrogen-bond donors (Lipinski definition) is 3. The van der Waals surface area contributed by atoms with Crippen LogP contribution in [0.25, 0.3) is 0 Å². The Morgan fingerprint density at radius 2 is 1.72 bits per heavy atom. The molecule has 0 aliphatic rings. The third kappa shape index (κ3) is 7.26. The maximum atomic E-state index is 12.5. The summed E-state index contributed by atoms with van der Waals surface area (Å²) in [7, 11) is 0. The first-order valence-electron chi connectivity index (χ1n) is 9.07.